The lowest BCUT2D eigenvalue weighted by molar-refractivity contribution is 0.0735. The zero-order valence-corrected chi connectivity index (χ0v) is 20.6. The number of amides is 1. The van der Waals surface area contributed by atoms with Gasteiger partial charge < -0.3 is 15.4 Å². The van der Waals surface area contributed by atoms with E-state index in [9.17, 15) is 4.79 Å². The topological polar surface area (TPSA) is 112 Å². The Morgan fingerprint density at radius 2 is 1.86 bits per heavy atom. The number of carbonyl (C=O) groups is 1. The molecule has 186 valence electrons. The van der Waals surface area contributed by atoms with Crippen LogP contribution >= 0.6 is 0 Å². The summed E-state index contributed by atoms with van der Waals surface area (Å²) >= 11 is 0. The van der Waals surface area contributed by atoms with Crippen molar-refractivity contribution >= 4 is 11.7 Å². The molecule has 2 atom stereocenters. The van der Waals surface area contributed by atoms with Gasteiger partial charge >= 0.3 is 0 Å². The summed E-state index contributed by atoms with van der Waals surface area (Å²) in [6, 6.07) is 5.74. The molecule has 9 heteroatoms. The molecule has 0 radical (unpaired) electrons. The Labute approximate surface area is 213 Å². The van der Waals surface area contributed by atoms with Gasteiger partial charge in [0.1, 0.15) is 11.6 Å². The van der Waals surface area contributed by atoms with E-state index in [1.807, 2.05) is 48.7 Å². The number of nitrogens with zero attached hydrogens (tertiary/aromatic N) is 6. The Morgan fingerprint density at radius 1 is 1.08 bits per heavy atom. The van der Waals surface area contributed by atoms with Crippen molar-refractivity contribution in [1.29, 1.82) is 0 Å². The van der Waals surface area contributed by atoms with E-state index >= 15 is 0 Å². The van der Waals surface area contributed by atoms with Gasteiger partial charge in [0.05, 0.1) is 29.1 Å². The number of rotatable bonds is 4. The smallest absolute Gasteiger partial charge is 0.254 e. The Morgan fingerprint density at radius 3 is 2.59 bits per heavy atom. The highest BCUT2D eigenvalue weighted by atomic mass is 16.5. The van der Waals surface area contributed by atoms with Gasteiger partial charge in [-0.05, 0) is 50.7 Å². The van der Waals surface area contributed by atoms with Crippen LogP contribution in [-0.4, -0.2) is 48.3 Å². The lowest BCUT2D eigenvalue weighted by Crippen LogP contribution is -2.44. The molecule has 4 aromatic rings. The lowest BCUT2D eigenvalue weighted by Gasteiger charge is -2.36. The van der Waals surface area contributed by atoms with Crippen molar-refractivity contribution in [3.63, 3.8) is 0 Å². The van der Waals surface area contributed by atoms with Crippen molar-refractivity contribution in [3.8, 4) is 16.9 Å². The van der Waals surface area contributed by atoms with Crippen LogP contribution in [0.4, 0.5) is 0 Å². The van der Waals surface area contributed by atoms with Crippen molar-refractivity contribution < 1.29 is 9.53 Å². The average Bonchev–Trinajstić information content (AvgIpc) is 3.55. The van der Waals surface area contributed by atoms with Crippen molar-refractivity contribution in [3.05, 3.63) is 71.3 Å². The first kappa shape index (κ1) is 21.3. The van der Waals surface area contributed by atoms with Crippen LogP contribution in [0.2, 0.25) is 0 Å². The summed E-state index contributed by atoms with van der Waals surface area (Å²) in [5, 5.41) is 0. The van der Waals surface area contributed by atoms with Gasteiger partial charge in [0, 0.05) is 60.0 Å². The molecule has 9 nitrogen and oxygen atoms in total. The van der Waals surface area contributed by atoms with E-state index in [0.717, 1.165) is 72.4 Å². The van der Waals surface area contributed by atoms with E-state index in [0.29, 0.717) is 17.2 Å². The number of ether oxygens (including phenoxy) is 1. The molecule has 1 amide bonds. The van der Waals surface area contributed by atoms with Crippen molar-refractivity contribution in [1.82, 2.24) is 29.2 Å². The number of hydrogen-bond donors (Lipinski definition) is 1. The number of benzene rings is 1. The summed E-state index contributed by atoms with van der Waals surface area (Å²) in [7, 11) is 1.87. The zero-order chi connectivity index (χ0) is 24.9. The molecule has 8 rings (SSSR count). The summed E-state index contributed by atoms with van der Waals surface area (Å²) < 4.78 is 8.40. The molecule has 1 aromatic carbocycles. The Hall–Kier alpha value is -3.85. The summed E-state index contributed by atoms with van der Waals surface area (Å²) in [6.45, 7) is 0. The first-order valence-electron chi connectivity index (χ1n) is 13.1. The van der Waals surface area contributed by atoms with Crippen LogP contribution in [0, 0.1) is 0 Å². The highest BCUT2D eigenvalue weighted by molar-refractivity contribution is 5.98. The summed E-state index contributed by atoms with van der Waals surface area (Å²) in [6.07, 6.45) is 13.7. The fourth-order valence-corrected chi connectivity index (χ4v) is 6.16. The number of hydrogen-bond acceptors (Lipinski definition) is 7. The number of carbonyl (C=O) groups excluding carboxylic acids is 1. The third kappa shape index (κ3) is 3.03. The maximum Gasteiger partial charge on any atom is 0.254 e. The van der Waals surface area contributed by atoms with Crippen LogP contribution in [0.15, 0.2) is 43.0 Å². The number of aromatic nitrogens is 5. The molecule has 2 bridgehead atoms. The molecular weight excluding hydrogens is 466 g/mol. The van der Waals surface area contributed by atoms with Crippen LogP contribution < -0.4 is 10.5 Å². The molecular formula is C28H27N7O2. The van der Waals surface area contributed by atoms with Crippen LogP contribution in [0.25, 0.3) is 16.9 Å². The Balaban J connectivity index is 1.26. The molecule has 1 aliphatic heterocycles. The second-order valence-electron chi connectivity index (χ2n) is 11.0. The van der Waals surface area contributed by atoms with Crippen molar-refractivity contribution in [2.45, 2.75) is 62.1 Å². The molecule has 0 saturated heterocycles. The highest BCUT2D eigenvalue weighted by Gasteiger charge is 2.46. The second kappa shape index (κ2) is 7.35. The molecule has 3 aromatic heterocycles. The van der Waals surface area contributed by atoms with Gasteiger partial charge in [0.15, 0.2) is 0 Å². The largest absolute Gasteiger partial charge is 0.490 e. The molecule has 2 fully saturated rings. The minimum Gasteiger partial charge on any atom is -0.490 e. The SMILES string of the molecule is CN1C(=O)c2cccc(OC3CC3)c2C2CC1c1nc3ncc(-c4cnc(C5(N)CCC5)nc4)cn3c12. The van der Waals surface area contributed by atoms with Gasteiger partial charge in [0.25, 0.3) is 5.91 Å². The predicted molar refractivity (Wildman–Crippen MR) is 135 cm³/mol. The molecule has 3 aliphatic carbocycles. The van der Waals surface area contributed by atoms with Gasteiger partial charge in [-0.15, -0.1) is 0 Å². The zero-order valence-electron chi connectivity index (χ0n) is 20.6. The molecule has 4 heterocycles. The standard InChI is InChI=1S/C28H27N7O2/c1-34-20-10-19(22-18(25(34)36)4-2-5-21(22)37-17-6-7-17)24-23(20)33-27-32-13-16(14-35(24)27)15-11-30-26(31-12-15)28(29)8-3-9-28/h2,4-5,11-14,17,19-20H,3,6-10,29H2,1H3. The van der Waals surface area contributed by atoms with Crippen molar-refractivity contribution in [2.75, 3.05) is 7.05 Å². The Bertz CT molecular complexity index is 1590. The maximum atomic E-state index is 13.5. The molecule has 2 N–H and O–H groups in total. The lowest BCUT2D eigenvalue weighted by atomic mass is 9.77. The monoisotopic (exact) mass is 493 g/mol. The van der Waals surface area contributed by atoms with Gasteiger partial charge in [-0.2, -0.15) is 0 Å². The summed E-state index contributed by atoms with van der Waals surface area (Å²) in [5.41, 5.74) is 11.5. The quantitative estimate of drug-likeness (QED) is 0.461. The highest BCUT2D eigenvalue weighted by Crippen LogP contribution is 2.52. The normalized spacial score (nSPS) is 23.4. The summed E-state index contributed by atoms with van der Waals surface area (Å²) in [4.78, 5) is 34.1. The Kier molecular flexibility index (Phi) is 4.22. The van der Waals surface area contributed by atoms with Crippen LogP contribution in [0.1, 0.15) is 83.6 Å². The van der Waals surface area contributed by atoms with Gasteiger partial charge in [-0.1, -0.05) is 6.07 Å². The average molecular weight is 494 g/mol. The van der Waals surface area contributed by atoms with Crippen LogP contribution in [-0.2, 0) is 5.54 Å². The number of fused-ring (bicyclic) bond motifs is 9. The molecule has 2 saturated carbocycles. The molecule has 0 spiro atoms. The van der Waals surface area contributed by atoms with Gasteiger partial charge in [-0.3, -0.25) is 9.20 Å². The van der Waals surface area contributed by atoms with E-state index in [2.05, 4.69) is 20.6 Å². The minimum atomic E-state index is -0.390. The molecule has 2 unspecified atom stereocenters. The first-order chi connectivity index (χ1) is 18.0. The van der Waals surface area contributed by atoms with E-state index in [1.54, 1.807) is 0 Å². The molecule has 4 aliphatic rings. The fourth-order valence-electron chi connectivity index (χ4n) is 6.16. The predicted octanol–water partition coefficient (Wildman–Crippen LogP) is 3.73. The van der Waals surface area contributed by atoms with E-state index in [-0.39, 0.29) is 29.5 Å². The van der Waals surface area contributed by atoms with Gasteiger partial charge in [-0.25, -0.2) is 19.9 Å². The van der Waals surface area contributed by atoms with Crippen LogP contribution in [0.3, 0.4) is 0 Å². The third-order valence-corrected chi connectivity index (χ3v) is 8.58. The number of nitrogens with two attached hydrogens (primary N) is 1. The summed E-state index contributed by atoms with van der Waals surface area (Å²) in [5.74, 6) is 2.15. The van der Waals surface area contributed by atoms with E-state index < -0.39 is 0 Å². The maximum absolute atomic E-state index is 13.5. The minimum absolute atomic E-state index is 0.0137. The van der Waals surface area contributed by atoms with Gasteiger partial charge in [0.2, 0.25) is 5.78 Å². The van der Waals surface area contributed by atoms with E-state index in [1.165, 1.54) is 0 Å². The van der Waals surface area contributed by atoms with Crippen molar-refractivity contribution in [2.24, 2.45) is 5.73 Å². The molecule has 37 heavy (non-hydrogen) atoms. The van der Waals surface area contributed by atoms with E-state index in [4.69, 9.17) is 20.4 Å². The number of imidazole rings is 1. The first-order valence-corrected chi connectivity index (χ1v) is 13.1. The fraction of sp³-hybridized carbons (Fsp3) is 0.393. The third-order valence-electron chi connectivity index (χ3n) is 8.58. The second-order valence-corrected chi connectivity index (χ2v) is 11.0. The van der Waals surface area contributed by atoms with Crippen LogP contribution in [0.5, 0.6) is 5.75 Å².